The third-order valence-electron chi connectivity index (χ3n) is 2.94. The van der Waals surface area contributed by atoms with Gasteiger partial charge in [-0.25, -0.2) is 8.78 Å². The number of ether oxygens (including phenoxy) is 1. The van der Waals surface area contributed by atoms with Gasteiger partial charge in [-0.1, -0.05) is 32.0 Å². The summed E-state index contributed by atoms with van der Waals surface area (Å²) in [5, 5.41) is 9.81. The zero-order valence-electron chi connectivity index (χ0n) is 12.2. The molecule has 1 aromatic carbocycles. The number of nitrogens with zero attached hydrogens (tertiary/aromatic N) is 1. The highest BCUT2D eigenvalue weighted by Gasteiger charge is 2.14. The molecule has 0 radical (unpaired) electrons. The van der Waals surface area contributed by atoms with E-state index in [9.17, 15) is 13.9 Å². The second-order valence-electron chi connectivity index (χ2n) is 5.27. The highest BCUT2D eigenvalue weighted by molar-refractivity contribution is 5.35. The second kappa shape index (κ2) is 8.17. The van der Waals surface area contributed by atoms with Crippen molar-refractivity contribution in [1.82, 2.24) is 4.90 Å². The molecule has 0 bridgehead atoms. The van der Waals surface area contributed by atoms with Gasteiger partial charge in [0.15, 0.2) is 0 Å². The largest absolute Gasteiger partial charge is 0.491 e. The molecule has 1 N–H and O–H groups in total. The van der Waals surface area contributed by atoms with Crippen LogP contribution in [0.15, 0.2) is 24.3 Å². The molecule has 0 fully saturated rings. The lowest BCUT2D eigenvalue weighted by molar-refractivity contribution is 0.0471. The van der Waals surface area contributed by atoms with Gasteiger partial charge >= 0.3 is 0 Å². The average Bonchev–Trinajstić information content (AvgIpc) is 2.35. The molecule has 5 heteroatoms. The molecule has 1 rings (SSSR count). The molecule has 0 aliphatic carbocycles. The Bertz CT molecular complexity index is 399. The van der Waals surface area contributed by atoms with Crippen molar-refractivity contribution in [3.8, 4) is 5.75 Å². The monoisotopic (exact) mass is 287 g/mol. The number of hydrogen-bond acceptors (Lipinski definition) is 3. The Morgan fingerprint density at radius 2 is 1.85 bits per heavy atom. The van der Waals surface area contributed by atoms with E-state index in [1.54, 1.807) is 7.05 Å². The van der Waals surface area contributed by atoms with Gasteiger partial charge in [0.1, 0.15) is 18.5 Å². The Balaban J connectivity index is 2.47. The summed E-state index contributed by atoms with van der Waals surface area (Å²) >= 11 is 0. The molecule has 0 heterocycles. The minimum absolute atomic E-state index is 0.0946. The molecule has 0 amide bonds. The summed E-state index contributed by atoms with van der Waals surface area (Å²) in [4.78, 5) is 1.40. The van der Waals surface area contributed by atoms with Crippen LogP contribution in [0.3, 0.4) is 0 Å². The number of halogens is 2. The summed E-state index contributed by atoms with van der Waals surface area (Å²) in [6.07, 6.45) is -3.19. The smallest absolute Gasteiger partial charge is 0.251 e. The van der Waals surface area contributed by atoms with E-state index in [0.29, 0.717) is 5.92 Å². The lowest BCUT2D eigenvalue weighted by Crippen LogP contribution is -2.35. The normalized spacial score (nSPS) is 13.2. The van der Waals surface area contributed by atoms with Crippen molar-refractivity contribution in [3.05, 3.63) is 29.8 Å². The molecule has 3 nitrogen and oxygen atoms in total. The van der Waals surface area contributed by atoms with Crippen LogP contribution in [0.2, 0.25) is 0 Å². The van der Waals surface area contributed by atoms with Crippen molar-refractivity contribution in [3.63, 3.8) is 0 Å². The predicted molar refractivity (Wildman–Crippen MR) is 75.5 cm³/mol. The van der Waals surface area contributed by atoms with Crippen LogP contribution in [0, 0.1) is 0 Å². The Morgan fingerprint density at radius 3 is 2.45 bits per heavy atom. The summed E-state index contributed by atoms with van der Waals surface area (Å²) in [5.41, 5.74) is 1.07. The van der Waals surface area contributed by atoms with Crippen molar-refractivity contribution in [2.24, 2.45) is 0 Å². The minimum Gasteiger partial charge on any atom is -0.491 e. The second-order valence-corrected chi connectivity index (χ2v) is 5.27. The number of aliphatic hydroxyl groups is 1. The number of rotatable bonds is 8. The molecule has 20 heavy (non-hydrogen) atoms. The quantitative estimate of drug-likeness (QED) is 0.798. The lowest BCUT2D eigenvalue weighted by Gasteiger charge is -2.21. The van der Waals surface area contributed by atoms with Gasteiger partial charge in [-0.2, -0.15) is 0 Å². The van der Waals surface area contributed by atoms with Crippen LogP contribution in [0.1, 0.15) is 25.3 Å². The molecule has 0 saturated carbocycles. The maximum atomic E-state index is 12.2. The van der Waals surface area contributed by atoms with Crippen molar-refractivity contribution >= 4 is 0 Å². The van der Waals surface area contributed by atoms with Gasteiger partial charge in [-0.3, -0.25) is 4.90 Å². The summed E-state index contributed by atoms with van der Waals surface area (Å²) in [6, 6.07) is 7.64. The highest BCUT2D eigenvalue weighted by Crippen LogP contribution is 2.25. The maximum Gasteiger partial charge on any atom is 0.251 e. The Morgan fingerprint density at radius 1 is 1.20 bits per heavy atom. The Kier molecular flexibility index (Phi) is 6.88. The molecular formula is C15H23F2NO2. The van der Waals surface area contributed by atoms with E-state index in [-0.39, 0.29) is 19.7 Å². The fraction of sp³-hybridized carbons (Fsp3) is 0.600. The number of alkyl halides is 2. The molecule has 1 unspecified atom stereocenters. The van der Waals surface area contributed by atoms with E-state index in [0.717, 1.165) is 11.3 Å². The molecule has 0 aliphatic heterocycles. The van der Waals surface area contributed by atoms with Crippen LogP contribution in [-0.2, 0) is 0 Å². The number of likely N-dealkylation sites (N-methyl/N-ethyl adjacent to an activating group) is 1. The third kappa shape index (κ3) is 5.84. The van der Waals surface area contributed by atoms with E-state index >= 15 is 0 Å². The SMILES string of the molecule is CC(C)c1ccccc1OCC(O)CN(C)CC(F)F. The van der Waals surface area contributed by atoms with Gasteiger partial charge < -0.3 is 9.84 Å². The molecular weight excluding hydrogens is 264 g/mol. The van der Waals surface area contributed by atoms with Gasteiger partial charge in [-0.15, -0.1) is 0 Å². The van der Waals surface area contributed by atoms with Crippen molar-refractivity contribution in [2.75, 3.05) is 26.7 Å². The van der Waals surface area contributed by atoms with Crippen LogP contribution in [0.4, 0.5) is 8.78 Å². The summed E-state index contributed by atoms with van der Waals surface area (Å²) in [7, 11) is 1.55. The third-order valence-corrected chi connectivity index (χ3v) is 2.94. The van der Waals surface area contributed by atoms with E-state index in [4.69, 9.17) is 4.74 Å². The zero-order chi connectivity index (χ0) is 15.1. The fourth-order valence-electron chi connectivity index (χ4n) is 2.00. The minimum atomic E-state index is -2.39. The zero-order valence-corrected chi connectivity index (χ0v) is 12.2. The maximum absolute atomic E-state index is 12.2. The van der Waals surface area contributed by atoms with Gasteiger partial charge in [0, 0.05) is 6.54 Å². The van der Waals surface area contributed by atoms with E-state index < -0.39 is 12.5 Å². The van der Waals surface area contributed by atoms with Crippen LogP contribution in [-0.4, -0.2) is 49.3 Å². The average molecular weight is 287 g/mol. The molecule has 1 aromatic rings. The van der Waals surface area contributed by atoms with Crippen LogP contribution < -0.4 is 4.74 Å². The topological polar surface area (TPSA) is 32.7 Å². The standard InChI is InChI=1S/C15H23F2NO2/c1-11(2)13-6-4-5-7-14(13)20-10-12(19)8-18(3)9-15(16)17/h4-7,11-12,15,19H,8-10H2,1-3H3. The number of hydrogen-bond donors (Lipinski definition) is 1. The molecule has 114 valence electrons. The van der Waals surface area contributed by atoms with Gasteiger partial charge in [0.25, 0.3) is 6.43 Å². The molecule has 1 atom stereocenters. The lowest BCUT2D eigenvalue weighted by atomic mass is 10.0. The highest BCUT2D eigenvalue weighted by atomic mass is 19.3. The fourth-order valence-corrected chi connectivity index (χ4v) is 2.00. The van der Waals surface area contributed by atoms with Gasteiger partial charge in [0.2, 0.25) is 0 Å². The molecule has 0 aliphatic rings. The number of para-hydroxylation sites is 1. The summed E-state index contributed by atoms with van der Waals surface area (Å²) in [5.74, 6) is 1.06. The van der Waals surface area contributed by atoms with Crippen LogP contribution >= 0.6 is 0 Å². The molecule has 0 spiro atoms. The summed E-state index contributed by atoms with van der Waals surface area (Å²) < 4.78 is 29.9. The first-order valence-electron chi connectivity index (χ1n) is 6.76. The van der Waals surface area contributed by atoms with E-state index in [1.165, 1.54) is 4.90 Å². The summed E-state index contributed by atoms with van der Waals surface area (Å²) in [6.45, 7) is 4.04. The first kappa shape index (κ1) is 16.9. The van der Waals surface area contributed by atoms with E-state index in [1.807, 2.05) is 24.3 Å². The van der Waals surface area contributed by atoms with Gasteiger partial charge in [-0.05, 0) is 24.6 Å². The first-order chi connectivity index (χ1) is 9.40. The van der Waals surface area contributed by atoms with Crippen molar-refractivity contribution in [2.45, 2.75) is 32.3 Å². The van der Waals surface area contributed by atoms with Crippen LogP contribution in [0.5, 0.6) is 5.75 Å². The van der Waals surface area contributed by atoms with E-state index in [2.05, 4.69) is 13.8 Å². The van der Waals surface area contributed by atoms with Crippen molar-refractivity contribution in [1.29, 1.82) is 0 Å². The molecule has 0 saturated heterocycles. The number of aliphatic hydroxyl groups excluding tert-OH is 1. The Hall–Kier alpha value is -1.20. The Labute approximate surface area is 119 Å². The van der Waals surface area contributed by atoms with Crippen molar-refractivity contribution < 1.29 is 18.6 Å². The number of benzene rings is 1. The van der Waals surface area contributed by atoms with Crippen LogP contribution in [0.25, 0.3) is 0 Å². The molecule has 0 aromatic heterocycles. The first-order valence-corrected chi connectivity index (χ1v) is 6.76. The predicted octanol–water partition coefficient (Wildman–Crippen LogP) is 2.75. The van der Waals surface area contributed by atoms with Gasteiger partial charge in [0.05, 0.1) is 6.54 Å².